The Morgan fingerprint density at radius 3 is 1.38 bits per heavy atom. The summed E-state index contributed by atoms with van der Waals surface area (Å²) >= 11 is 0. The molecule has 0 heterocycles. The van der Waals surface area contributed by atoms with Gasteiger partial charge in [0.05, 0.1) is 0 Å². The highest BCUT2D eigenvalue weighted by Crippen LogP contribution is 2.30. The molecular formula is C35H32O4. The molecule has 0 unspecified atom stereocenters. The fraction of sp³-hybridized carbons (Fsp3) is 0.143. The van der Waals surface area contributed by atoms with Gasteiger partial charge in [-0.1, -0.05) is 103 Å². The maximum Gasteiger partial charge on any atom is 0.126 e. The fourth-order valence-electron chi connectivity index (χ4n) is 4.30. The van der Waals surface area contributed by atoms with Gasteiger partial charge in [0.25, 0.3) is 0 Å². The Balaban J connectivity index is 1.25. The van der Waals surface area contributed by atoms with Gasteiger partial charge < -0.3 is 19.3 Å². The van der Waals surface area contributed by atoms with Crippen molar-refractivity contribution in [2.24, 2.45) is 0 Å². The van der Waals surface area contributed by atoms with Crippen molar-refractivity contribution in [2.75, 3.05) is 0 Å². The minimum Gasteiger partial charge on any atom is -0.508 e. The van der Waals surface area contributed by atoms with E-state index in [-0.39, 0.29) is 5.75 Å². The van der Waals surface area contributed by atoms with Crippen LogP contribution in [0.2, 0.25) is 0 Å². The van der Waals surface area contributed by atoms with Crippen LogP contribution < -0.4 is 14.2 Å². The van der Waals surface area contributed by atoms with E-state index in [0.29, 0.717) is 38.4 Å². The molecule has 0 atom stereocenters. The van der Waals surface area contributed by atoms with Crippen molar-refractivity contribution in [3.63, 3.8) is 0 Å². The predicted molar refractivity (Wildman–Crippen MR) is 154 cm³/mol. The molecule has 0 aliphatic carbocycles. The number of hydrogen-bond donors (Lipinski definition) is 1. The zero-order valence-corrected chi connectivity index (χ0v) is 21.8. The van der Waals surface area contributed by atoms with Crippen LogP contribution in [0.1, 0.15) is 27.8 Å². The molecule has 0 spiro atoms. The van der Waals surface area contributed by atoms with Crippen LogP contribution in [-0.4, -0.2) is 5.11 Å². The lowest BCUT2D eigenvalue weighted by molar-refractivity contribution is 0.288. The number of benzene rings is 5. The van der Waals surface area contributed by atoms with E-state index in [1.807, 2.05) is 103 Å². The molecule has 0 bridgehead atoms. The van der Waals surface area contributed by atoms with Gasteiger partial charge in [-0.2, -0.15) is 0 Å². The normalized spacial score (nSPS) is 10.7. The lowest BCUT2D eigenvalue weighted by Gasteiger charge is -2.15. The molecule has 1 N–H and O–H groups in total. The van der Waals surface area contributed by atoms with E-state index in [9.17, 15) is 5.11 Å². The second kappa shape index (κ2) is 13.2. The van der Waals surface area contributed by atoms with Crippen LogP contribution in [0.5, 0.6) is 23.0 Å². The summed E-state index contributed by atoms with van der Waals surface area (Å²) in [5.74, 6) is 2.42. The van der Waals surface area contributed by atoms with Gasteiger partial charge in [-0.3, -0.25) is 0 Å². The summed E-state index contributed by atoms with van der Waals surface area (Å²) in [6, 6.07) is 41.7. The van der Waals surface area contributed by atoms with Gasteiger partial charge in [0, 0.05) is 12.1 Å². The van der Waals surface area contributed by atoms with Gasteiger partial charge in [0.2, 0.25) is 0 Å². The van der Waals surface area contributed by atoms with Crippen molar-refractivity contribution >= 4 is 0 Å². The molecule has 4 nitrogen and oxygen atoms in total. The second-order valence-corrected chi connectivity index (χ2v) is 9.38. The third-order valence-electron chi connectivity index (χ3n) is 6.49. The molecular weight excluding hydrogens is 484 g/mol. The van der Waals surface area contributed by atoms with Crippen molar-refractivity contribution in [3.05, 3.63) is 155 Å². The molecule has 0 aromatic heterocycles. The molecule has 0 saturated carbocycles. The average Bonchev–Trinajstić information content (AvgIpc) is 2.99. The standard InChI is InChI=1S/C35H32O4/c36-34-22-32(37-24-27-10-4-1-5-11-27)20-18-30(34)16-17-31-19-21-33(38-25-28-12-6-2-7-13-28)23-35(31)39-26-29-14-8-3-9-15-29/h1-15,18-23,36H,16-17,24-26H2. The molecule has 5 rings (SSSR count). The average molecular weight is 517 g/mol. The summed E-state index contributed by atoms with van der Waals surface area (Å²) in [5.41, 5.74) is 5.21. The first-order chi connectivity index (χ1) is 19.2. The van der Waals surface area contributed by atoms with Gasteiger partial charge in [-0.05, 0) is 52.8 Å². The number of aromatic hydroxyl groups is 1. The molecule has 0 aliphatic heterocycles. The summed E-state index contributed by atoms with van der Waals surface area (Å²) in [4.78, 5) is 0. The van der Waals surface area contributed by atoms with E-state index in [4.69, 9.17) is 14.2 Å². The largest absolute Gasteiger partial charge is 0.508 e. The zero-order valence-electron chi connectivity index (χ0n) is 21.8. The summed E-state index contributed by atoms with van der Waals surface area (Å²) in [6.45, 7) is 1.42. The van der Waals surface area contributed by atoms with Crippen molar-refractivity contribution in [3.8, 4) is 23.0 Å². The maximum atomic E-state index is 10.7. The SMILES string of the molecule is Oc1cc(OCc2ccccc2)ccc1CCc1ccc(OCc2ccccc2)cc1OCc1ccccc1. The number of aryl methyl sites for hydroxylation is 2. The number of phenols is 1. The first-order valence-electron chi connectivity index (χ1n) is 13.2. The summed E-state index contributed by atoms with van der Waals surface area (Å²) in [6.07, 6.45) is 1.37. The van der Waals surface area contributed by atoms with E-state index >= 15 is 0 Å². The highest BCUT2D eigenvalue weighted by Gasteiger charge is 2.11. The minimum absolute atomic E-state index is 0.232. The quantitative estimate of drug-likeness (QED) is 0.183. The van der Waals surface area contributed by atoms with Crippen LogP contribution in [0, 0.1) is 0 Å². The number of rotatable bonds is 12. The van der Waals surface area contributed by atoms with Gasteiger partial charge in [-0.25, -0.2) is 0 Å². The van der Waals surface area contributed by atoms with Crippen molar-refractivity contribution in [2.45, 2.75) is 32.7 Å². The Kier molecular flexibility index (Phi) is 8.78. The Labute approximate surface area is 230 Å². The number of hydrogen-bond acceptors (Lipinski definition) is 4. The molecule has 4 heteroatoms. The van der Waals surface area contributed by atoms with Crippen LogP contribution in [0.25, 0.3) is 0 Å². The molecule has 0 fully saturated rings. The van der Waals surface area contributed by atoms with E-state index in [0.717, 1.165) is 39.3 Å². The molecule has 5 aromatic rings. The Bertz CT molecular complexity index is 1450. The minimum atomic E-state index is 0.232. The van der Waals surface area contributed by atoms with Gasteiger partial charge in [-0.15, -0.1) is 0 Å². The first-order valence-corrected chi connectivity index (χ1v) is 13.2. The molecule has 0 saturated heterocycles. The van der Waals surface area contributed by atoms with Gasteiger partial charge >= 0.3 is 0 Å². The van der Waals surface area contributed by atoms with E-state index in [1.165, 1.54) is 0 Å². The molecule has 196 valence electrons. The van der Waals surface area contributed by atoms with E-state index in [2.05, 4.69) is 18.2 Å². The second-order valence-electron chi connectivity index (χ2n) is 9.38. The zero-order chi connectivity index (χ0) is 26.7. The Morgan fingerprint density at radius 1 is 0.436 bits per heavy atom. The smallest absolute Gasteiger partial charge is 0.126 e. The van der Waals surface area contributed by atoms with Crippen LogP contribution in [0.4, 0.5) is 0 Å². The topological polar surface area (TPSA) is 47.9 Å². The van der Waals surface area contributed by atoms with Crippen molar-refractivity contribution in [1.29, 1.82) is 0 Å². The summed E-state index contributed by atoms with van der Waals surface area (Å²) in [7, 11) is 0. The highest BCUT2D eigenvalue weighted by atomic mass is 16.5. The van der Waals surface area contributed by atoms with Crippen molar-refractivity contribution < 1.29 is 19.3 Å². The summed E-state index contributed by atoms with van der Waals surface area (Å²) in [5, 5.41) is 10.7. The lowest BCUT2D eigenvalue weighted by atomic mass is 10.0. The van der Waals surface area contributed by atoms with Crippen LogP contribution >= 0.6 is 0 Å². The highest BCUT2D eigenvalue weighted by molar-refractivity contribution is 5.44. The molecule has 39 heavy (non-hydrogen) atoms. The van der Waals surface area contributed by atoms with Crippen LogP contribution in [0.3, 0.4) is 0 Å². The monoisotopic (exact) mass is 516 g/mol. The third kappa shape index (κ3) is 7.65. The Morgan fingerprint density at radius 2 is 0.872 bits per heavy atom. The summed E-state index contributed by atoms with van der Waals surface area (Å²) < 4.78 is 18.2. The first kappa shape index (κ1) is 25.9. The van der Waals surface area contributed by atoms with Crippen LogP contribution in [-0.2, 0) is 32.7 Å². The number of phenolic OH excluding ortho intramolecular Hbond substituents is 1. The van der Waals surface area contributed by atoms with Gasteiger partial charge in [0.1, 0.15) is 42.8 Å². The molecule has 0 radical (unpaired) electrons. The predicted octanol–water partition coefficient (Wildman–Crippen LogP) is 7.91. The molecule has 0 amide bonds. The fourth-order valence-corrected chi connectivity index (χ4v) is 4.30. The third-order valence-corrected chi connectivity index (χ3v) is 6.49. The van der Waals surface area contributed by atoms with Crippen LogP contribution in [0.15, 0.2) is 127 Å². The van der Waals surface area contributed by atoms with E-state index in [1.54, 1.807) is 6.07 Å². The maximum absolute atomic E-state index is 10.7. The molecule has 0 aliphatic rings. The van der Waals surface area contributed by atoms with Crippen molar-refractivity contribution in [1.82, 2.24) is 0 Å². The van der Waals surface area contributed by atoms with E-state index < -0.39 is 0 Å². The Hall–Kier alpha value is -4.70. The van der Waals surface area contributed by atoms with Gasteiger partial charge in [0.15, 0.2) is 0 Å². The number of ether oxygens (including phenoxy) is 3. The molecule has 5 aromatic carbocycles. The lowest BCUT2D eigenvalue weighted by Crippen LogP contribution is -2.02.